The van der Waals surface area contributed by atoms with Crippen molar-refractivity contribution in [2.24, 2.45) is 5.92 Å². The highest BCUT2D eigenvalue weighted by Gasteiger charge is 1.94. The lowest BCUT2D eigenvalue weighted by Crippen LogP contribution is -1.91. The predicted molar refractivity (Wildman–Crippen MR) is 56.0 cm³/mol. The summed E-state index contributed by atoms with van der Waals surface area (Å²) in [5.41, 5.74) is 1.22. The van der Waals surface area contributed by atoms with Crippen molar-refractivity contribution in [2.45, 2.75) is 27.2 Å². The Hall–Kier alpha value is -0.430. The maximum absolute atomic E-state index is 5.01. The SMILES string of the molecule is C=CC(C)C/C=C(\C)C(C)=S. The molecule has 0 N–H and O–H groups in total. The van der Waals surface area contributed by atoms with Crippen molar-refractivity contribution in [2.75, 3.05) is 0 Å². The fourth-order valence-electron chi connectivity index (χ4n) is 0.603. The molecule has 0 nitrogen and oxygen atoms in total. The maximum Gasteiger partial charge on any atom is 0.0147 e. The largest absolute Gasteiger partial charge is 0.103 e. The number of hydrogen-bond acceptors (Lipinski definition) is 1. The van der Waals surface area contributed by atoms with Gasteiger partial charge in [-0.2, -0.15) is 0 Å². The molecule has 0 spiro atoms. The first-order chi connectivity index (χ1) is 5.07. The molecule has 0 aliphatic rings. The van der Waals surface area contributed by atoms with E-state index in [0.29, 0.717) is 5.92 Å². The van der Waals surface area contributed by atoms with Gasteiger partial charge < -0.3 is 0 Å². The van der Waals surface area contributed by atoms with Gasteiger partial charge in [-0.05, 0) is 31.8 Å². The van der Waals surface area contributed by atoms with Gasteiger partial charge >= 0.3 is 0 Å². The van der Waals surface area contributed by atoms with Crippen molar-refractivity contribution in [1.29, 1.82) is 0 Å². The van der Waals surface area contributed by atoms with Crippen LogP contribution in [0.5, 0.6) is 0 Å². The molecule has 0 rings (SSSR count). The van der Waals surface area contributed by atoms with Gasteiger partial charge in [0.1, 0.15) is 0 Å². The molecular formula is C10H16S. The van der Waals surface area contributed by atoms with Crippen molar-refractivity contribution >= 4 is 17.1 Å². The zero-order valence-electron chi connectivity index (χ0n) is 7.55. The molecule has 0 aliphatic carbocycles. The predicted octanol–water partition coefficient (Wildman–Crippen LogP) is 3.53. The molecule has 11 heavy (non-hydrogen) atoms. The molecule has 0 amide bonds. The monoisotopic (exact) mass is 168 g/mol. The van der Waals surface area contributed by atoms with Gasteiger partial charge in [-0.1, -0.05) is 31.3 Å². The van der Waals surface area contributed by atoms with E-state index >= 15 is 0 Å². The Labute approximate surface area is 75.0 Å². The van der Waals surface area contributed by atoms with Gasteiger partial charge in [0.25, 0.3) is 0 Å². The summed E-state index contributed by atoms with van der Waals surface area (Å²) in [4.78, 5) is 0.987. The van der Waals surface area contributed by atoms with Crippen LogP contribution in [0.15, 0.2) is 24.3 Å². The van der Waals surface area contributed by atoms with Crippen LogP contribution in [0.4, 0.5) is 0 Å². The average molecular weight is 168 g/mol. The summed E-state index contributed by atoms with van der Waals surface area (Å²) in [6, 6.07) is 0. The number of hydrogen-bond donors (Lipinski definition) is 0. The molecule has 0 aromatic heterocycles. The summed E-state index contributed by atoms with van der Waals surface area (Å²) in [6.45, 7) is 9.88. The molecule has 0 radical (unpaired) electrons. The molecule has 0 bridgehead atoms. The molecular weight excluding hydrogens is 152 g/mol. The van der Waals surface area contributed by atoms with Gasteiger partial charge in [-0.25, -0.2) is 0 Å². The first-order valence-electron chi connectivity index (χ1n) is 3.88. The van der Waals surface area contributed by atoms with Crippen LogP contribution in [0.25, 0.3) is 0 Å². The fraction of sp³-hybridized carbons (Fsp3) is 0.500. The summed E-state index contributed by atoms with van der Waals surface area (Å²) in [5.74, 6) is 0.555. The summed E-state index contributed by atoms with van der Waals surface area (Å²) < 4.78 is 0. The van der Waals surface area contributed by atoms with E-state index in [9.17, 15) is 0 Å². The van der Waals surface area contributed by atoms with Gasteiger partial charge in [-0.3, -0.25) is 0 Å². The topological polar surface area (TPSA) is 0 Å². The van der Waals surface area contributed by atoms with E-state index in [1.165, 1.54) is 5.57 Å². The van der Waals surface area contributed by atoms with E-state index in [0.717, 1.165) is 11.3 Å². The van der Waals surface area contributed by atoms with E-state index in [2.05, 4.69) is 26.5 Å². The van der Waals surface area contributed by atoms with E-state index in [4.69, 9.17) is 12.2 Å². The second kappa shape index (κ2) is 5.25. The van der Waals surface area contributed by atoms with Crippen LogP contribution in [-0.2, 0) is 0 Å². The third-order valence-corrected chi connectivity index (χ3v) is 2.08. The molecule has 0 fully saturated rings. The second-order valence-electron chi connectivity index (χ2n) is 2.89. The van der Waals surface area contributed by atoms with Crippen LogP contribution in [0.3, 0.4) is 0 Å². The Morgan fingerprint density at radius 2 is 2.09 bits per heavy atom. The molecule has 0 aromatic carbocycles. The lowest BCUT2D eigenvalue weighted by atomic mass is 10.1. The standard InChI is InChI=1S/C10H16S/c1-5-8(2)6-7-9(3)10(4)11/h5,7-8H,1,6H2,2-4H3/b9-7+. The zero-order chi connectivity index (χ0) is 8.85. The Kier molecular flexibility index (Phi) is 5.05. The second-order valence-corrected chi connectivity index (χ2v) is 3.50. The Morgan fingerprint density at radius 3 is 2.45 bits per heavy atom. The molecule has 0 saturated heterocycles. The lowest BCUT2D eigenvalue weighted by Gasteiger charge is -2.01. The highest BCUT2D eigenvalue weighted by Crippen LogP contribution is 2.07. The summed E-state index contributed by atoms with van der Waals surface area (Å²) in [5, 5.41) is 0. The zero-order valence-corrected chi connectivity index (χ0v) is 8.37. The lowest BCUT2D eigenvalue weighted by molar-refractivity contribution is 0.745. The van der Waals surface area contributed by atoms with Crippen LogP contribution in [0.2, 0.25) is 0 Å². The smallest absolute Gasteiger partial charge is 0.0147 e. The Balaban J connectivity index is 3.91. The number of rotatable bonds is 4. The van der Waals surface area contributed by atoms with Crippen molar-refractivity contribution in [3.05, 3.63) is 24.3 Å². The van der Waals surface area contributed by atoms with E-state index in [-0.39, 0.29) is 0 Å². The summed E-state index contributed by atoms with van der Waals surface area (Å²) in [7, 11) is 0. The third kappa shape index (κ3) is 4.91. The van der Waals surface area contributed by atoms with E-state index < -0.39 is 0 Å². The van der Waals surface area contributed by atoms with Crippen LogP contribution in [-0.4, -0.2) is 4.86 Å². The van der Waals surface area contributed by atoms with Gasteiger partial charge in [0.2, 0.25) is 0 Å². The summed E-state index contributed by atoms with van der Waals surface area (Å²) in [6.07, 6.45) is 5.18. The van der Waals surface area contributed by atoms with Crippen LogP contribution in [0, 0.1) is 5.92 Å². The van der Waals surface area contributed by atoms with Gasteiger partial charge in [-0.15, -0.1) is 6.58 Å². The molecule has 0 saturated carbocycles. The summed E-state index contributed by atoms with van der Waals surface area (Å²) >= 11 is 5.01. The van der Waals surface area contributed by atoms with Crippen LogP contribution < -0.4 is 0 Å². The van der Waals surface area contributed by atoms with Crippen molar-refractivity contribution in [3.8, 4) is 0 Å². The molecule has 0 aliphatic heterocycles. The normalized spacial score (nSPS) is 14.3. The van der Waals surface area contributed by atoms with Crippen molar-refractivity contribution in [1.82, 2.24) is 0 Å². The fourth-order valence-corrected chi connectivity index (χ4v) is 0.686. The minimum atomic E-state index is 0.555. The highest BCUT2D eigenvalue weighted by atomic mass is 32.1. The molecule has 0 aromatic rings. The maximum atomic E-state index is 5.01. The highest BCUT2D eigenvalue weighted by molar-refractivity contribution is 7.80. The van der Waals surface area contributed by atoms with E-state index in [1.54, 1.807) is 0 Å². The minimum absolute atomic E-state index is 0.555. The van der Waals surface area contributed by atoms with Gasteiger partial charge in [0.15, 0.2) is 0 Å². The first-order valence-corrected chi connectivity index (χ1v) is 4.29. The minimum Gasteiger partial charge on any atom is -0.103 e. The van der Waals surface area contributed by atoms with Crippen LogP contribution in [0.1, 0.15) is 27.2 Å². The molecule has 1 atom stereocenters. The van der Waals surface area contributed by atoms with Crippen LogP contribution >= 0.6 is 12.2 Å². The Bertz CT molecular complexity index is 177. The number of allylic oxidation sites excluding steroid dienone is 3. The molecule has 62 valence electrons. The Morgan fingerprint density at radius 1 is 1.55 bits per heavy atom. The van der Waals surface area contributed by atoms with Crippen molar-refractivity contribution < 1.29 is 0 Å². The number of thiocarbonyl (C=S) groups is 1. The first kappa shape index (κ1) is 10.6. The average Bonchev–Trinajstić information content (AvgIpc) is 1.99. The van der Waals surface area contributed by atoms with E-state index in [1.807, 2.05) is 13.0 Å². The quantitative estimate of drug-likeness (QED) is 0.351. The molecule has 1 unspecified atom stereocenters. The third-order valence-electron chi connectivity index (χ3n) is 1.75. The van der Waals surface area contributed by atoms with Gasteiger partial charge in [0.05, 0.1) is 0 Å². The molecule has 1 heteroatoms. The van der Waals surface area contributed by atoms with Gasteiger partial charge in [0, 0.05) is 4.86 Å². The van der Waals surface area contributed by atoms with Crippen molar-refractivity contribution in [3.63, 3.8) is 0 Å². The molecule has 0 heterocycles.